The average Bonchev–Trinajstić information content (AvgIpc) is 3.34. The minimum atomic E-state index is -2.79. The van der Waals surface area contributed by atoms with Crippen LogP contribution in [0.5, 0.6) is 0 Å². The molecule has 13 heteroatoms. The lowest BCUT2D eigenvalue weighted by atomic mass is 9.82. The first-order valence-electron chi connectivity index (χ1n) is 21.2. The zero-order chi connectivity index (χ0) is 46.6. The van der Waals surface area contributed by atoms with Crippen molar-refractivity contribution in [2.75, 3.05) is 7.11 Å². The van der Waals surface area contributed by atoms with Crippen LogP contribution in [0.3, 0.4) is 0 Å². The van der Waals surface area contributed by atoms with Gasteiger partial charge in [-0.05, 0) is 90.2 Å². The molecule has 338 valence electrons. The van der Waals surface area contributed by atoms with Crippen LogP contribution in [-0.4, -0.2) is 72.6 Å². The molecular weight excluding hydrogens is 845 g/mol. The molecule has 1 heterocycles. The zero-order valence-electron chi connectivity index (χ0n) is 36.4. The third-order valence-electron chi connectivity index (χ3n) is 10.9. The van der Waals surface area contributed by atoms with Crippen molar-refractivity contribution in [3.05, 3.63) is 214 Å². The van der Waals surface area contributed by atoms with Crippen LogP contribution in [0.15, 0.2) is 164 Å². The summed E-state index contributed by atoms with van der Waals surface area (Å²) < 4.78 is 42.3. The second kappa shape index (κ2) is 21.5. The first-order chi connectivity index (χ1) is 31.9. The van der Waals surface area contributed by atoms with Crippen molar-refractivity contribution in [3.8, 4) is 0 Å². The van der Waals surface area contributed by atoms with Crippen molar-refractivity contribution in [3.63, 3.8) is 0 Å². The van der Waals surface area contributed by atoms with Gasteiger partial charge in [0.2, 0.25) is 11.9 Å². The van der Waals surface area contributed by atoms with Crippen molar-refractivity contribution in [1.29, 1.82) is 0 Å². The molecule has 0 radical (unpaired) electrons. The lowest BCUT2D eigenvalue weighted by Gasteiger charge is -2.50. The molecule has 6 atom stereocenters. The standard InChI is InChI=1S/C53H48O13/c1-34(62-49(55)39-16-8-4-9-17-39)45-46(63-50(56)40-18-10-5-11-19-40)47(64-51(57)41-20-12-6-13-21-41)48(65-52(58)42-22-14-7-15-23-42)53(59,66-45)44-31-38(33-61-35(2)54)28-29-43(44)30-36-24-26-37(27-25-36)32-60-3/h4-29,31,34,45-48,59H,30,32-33H2,1-3H3/t34-,45+,46+,47-,48+,53+/m0/s1. The number of carbonyl (C=O) groups is 5. The van der Waals surface area contributed by atoms with Crippen molar-refractivity contribution < 1.29 is 62.2 Å². The van der Waals surface area contributed by atoms with Gasteiger partial charge in [0, 0.05) is 19.6 Å². The highest BCUT2D eigenvalue weighted by Gasteiger charge is 2.62. The summed E-state index contributed by atoms with van der Waals surface area (Å²) in [5, 5.41) is 13.7. The van der Waals surface area contributed by atoms with Crippen molar-refractivity contribution >= 4 is 29.8 Å². The molecule has 0 bridgehead atoms. The van der Waals surface area contributed by atoms with E-state index >= 15 is 0 Å². The predicted octanol–water partition coefficient (Wildman–Crippen LogP) is 7.95. The van der Waals surface area contributed by atoms with Gasteiger partial charge in [0.05, 0.1) is 28.9 Å². The molecule has 0 aliphatic carbocycles. The number of ether oxygens (including phenoxy) is 7. The quantitative estimate of drug-likeness (QED) is 0.0734. The van der Waals surface area contributed by atoms with E-state index in [9.17, 15) is 29.1 Å². The highest BCUT2D eigenvalue weighted by atomic mass is 16.7. The Morgan fingerprint density at radius 2 is 1.03 bits per heavy atom. The lowest BCUT2D eigenvalue weighted by Crippen LogP contribution is -2.68. The van der Waals surface area contributed by atoms with Crippen LogP contribution in [0.1, 0.15) is 83.1 Å². The molecule has 1 saturated heterocycles. The Bertz CT molecular complexity index is 2600. The molecule has 0 aromatic heterocycles. The van der Waals surface area contributed by atoms with Gasteiger partial charge in [-0.2, -0.15) is 0 Å². The topological polar surface area (TPSA) is 170 Å². The minimum Gasteiger partial charge on any atom is -0.461 e. The van der Waals surface area contributed by atoms with Crippen molar-refractivity contribution in [1.82, 2.24) is 0 Å². The summed E-state index contributed by atoms with van der Waals surface area (Å²) in [7, 11) is 1.60. The summed E-state index contributed by atoms with van der Waals surface area (Å²) in [5.74, 6) is -6.92. The molecule has 6 aromatic rings. The molecule has 1 N–H and O–H groups in total. The number of benzene rings is 6. The molecule has 0 unspecified atom stereocenters. The molecule has 1 aliphatic heterocycles. The second-order valence-corrected chi connectivity index (χ2v) is 15.6. The van der Waals surface area contributed by atoms with E-state index in [0.29, 0.717) is 17.7 Å². The van der Waals surface area contributed by atoms with Crippen LogP contribution in [0.4, 0.5) is 0 Å². The average molecular weight is 893 g/mol. The number of methoxy groups -OCH3 is 1. The summed E-state index contributed by atoms with van der Waals surface area (Å²) in [6, 6.07) is 44.5. The molecular formula is C53H48O13. The van der Waals surface area contributed by atoms with Gasteiger partial charge in [-0.1, -0.05) is 109 Å². The minimum absolute atomic E-state index is 0.0131. The smallest absolute Gasteiger partial charge is 0.338 e. The molecule has 0 saturated carbocycles. The van der Waals surface area contributed by atoms with Gasteiger partial charge in [0.1, 0.15) is 18.8 Å². The maximum absolute atomic E-state index is 14.3. The summed E-state index contributed by atoms with van der Waals surface area (Å²) in [5.41, 5.74) is 3.02. The molecule has 6 aromatic carbocycles. The second-order valence-electron chi connectivity index (χ2n) is 15.6. The Morgan fingerprint density at radius 1 is 0.576 bits per heavy atom. The largest absolute Gasteiger partial charge is 0.461 e. The number of hydrogen-bond acceptors (Lipinski definition) is 13. The van der Waals surface area contributed by atoms with Crippen LogP contribution < -0.4 is 0 Å². The number of rotatable bonds is 16. The molecule has 0 amide bonds. The van der Waals surface area contributed by atoms with E-state index < -0.39 is 66.2 Å². The van der Waals surface area contributed by atoms with E-state index in [4.69, 9.17) is 33.2 Å². The fraction of sp³-hybridized carbons (Fsp3) is 0.226. The van der Waals surface area contributed by atoms with Crippen LogP contribution >= 0.6 is 0 Å². The molecule has 7 rings (SSSR count). The summed E-state index contributed by atoms with van der Waals surface area (Å²) in [4.78, 5) is 68.6. The van der Waals surface area contributed by atoms with Crippen molar-refractivity contribution in [2.24, 2.45) is 0 Å². The van der Waals surface area contributed by atoms with E-state index in [1.807, 2.05) is 24.3 Å². The fourth-order valence-corrected chi connectivity index (χ4v) is 7.61. The Kier molecular flexibility index (Phi) is 15.2. The number of esters is 5. The first kappa shape index (κ1) is 46.5. The van der Waals surface area contributed by atoms with Gasteiger partial charge in [-0.3, -0.25) is 4.79 Å². The molecule has 13 nitrogen and oxygen atoms in total. The summed E-state index contributed by atoms with van der Waals surface area (Å²) in [6.07, 6.45) is -8.41. The summed E-state index contributed by atoms with van der Waals surface area (Å²) >= 11 is 0. The maximum atomic E-state index is 14.3. The fourth-order valence-electron chi connectivity index (χ4n) is 7.61. The zero-order valence-corrected chi connectivity index (χ0v) is 36.4. The van der Waals surface area contributed by atoms with Crippen LogP contribution in [0.2, 0.25) is 0 Å². The Balaban J connectivity index is 1.44. The number of carbonyl (C=O) groups excluding carboxylic acids is 5. The molecule has 1 aliphatic rings. The van der Waals surface area contributed by atoms with Gasteiger partial charge in [0.15, 0.2) is 12.2 Å². The molecule has 1 fully saturated rings. The van der Waals surface area contributed by atoms with Crippen LogP contribution in [0, 0.1) is 0 Å². The highest BCUT2D eigenvalue weighted by Crippen LogP contribution is 2.44. The van der Waals surface area contributed by atoms with E-state index in [1.165, 1.54) is 56.3 Å². The third kappa shape index (κ3) is 11.2. The van der Waals surface area contributed by atoms with Gasteiger partial charge >= 0.3 is 29.8 Å². The van der Waals surface area contributed by atoms with Crippen molar-refractivity contribution in [2.45, 2.75) is 69.8 Å². The van der Waals surface area contributed by atoms with Gasteiger partial charge < -0.3 is 38.3 Å². The van der Waals surface area contributed by atoms with E-state index in [1.54, 1.807) is 104 Å². The van der Waals surface area contributed by atoms with E-state index in [0.717, 1.165) is 11.1 Å². The molecule has 66 heavy (non-hydrogen) atoms. The van der Waals surface area contributed by atoms with E-state index in [-0.39, 0.29) is 40.8 Å². The SMILES string of the molecule is COCc1ccc(Cc2ccc(COC(C)=O)cc2[C@@]2(O)O[C@H]([C@H](C)OC(=O)c3ccccc3)[C@@H](OC(=O)c3ccccc3)[C@H](OC(=O)c3ccccc3)[C@H]2OC(=O)c2ccccc2)cc1. The van der Waals surface area contributed by atoms with Crippen LogP contribution in [0.25, 0.3) is 0 Å². The first-order valence-corrected chi connectivity index (χ1v) is 21.2. The Labute approximate surface area is 381 Å². The van der Waals surface area contributed by atoms with Gasteiger partial charge in [-0.25, -0.2) is 19.2 Å². The Hall–Kier alpha value is -7.45. The lowest BCUT2D eigenvalue weighted by molar-refractivity contribution is -0.360. The number of hydrogen-bond donors (Lipinski definition) is 1. The Morgan fingerprint density at radius 3 is 1.53 bits per heavy atom. The maximum Gasteiger partial charge on any atom is 0.338 e. The highest BCUT2D eigenvalue weighted by molar-refractivity contribution is 5.92. The van der Waals surface area contributed by atoms with Crippen LogP contribution in [-0.2, 0) is 63.4 Å². The normalized spacial score (nSPS) is 19.4. The summed E-state index contributed by atoms with van der Waals surface area (Å²) in [6.45, 7) is 2.88. The van der Waals surface area contributed by atoms with E-state index in [2.05, 4.69) is 0 Å². The third-order valence-corrected chi connectivity index (χ3v) is 10.9. The molecule has 0 spiro atoms. The number of aliphatic hydroxyl groups is 1. The van der Waals surface area contributed by atoms with Gasteiger partial charge in [-0.15, -0.1) is 0 Å². The predicted molar refractivity (Wildman–Crippen MR) is 239 cm³/mol. The monoisotopic (exact) mass is 892 g/mol. The van der Waals surface area contributed by atoms with Gasteiger partial charge in [0.25, 0.3) is 0 Å².